The zero-order chi connectivity index (χ0) is 21.0. The number of aromatic nitrogens is 1. The number of amides is 1. The maximum absolute atomic E-state index is 13.2. The highest BCUT2D eigenvalue weighted by Gasteiger charge is 2.42. The Hall–Kier alpha value is -2.18. The van der Waals surface area contributed by atoms with Crippen LogP contribution in [0.5, 0.6) is 5.88 Å². The molecule has 1 aliphatic carbocycles. The maximum Gasteiger partial charge on any atom is 0.233 e. The molecular weight excluding hydrogens is 395 g/mol. The van der Waals surface area contributed by atoms with Gasteiger partial charge in [0, 0.05) is 24.7 Å². The van der Waals surface area contributed by atoms with Crippen LogP contribution in [-0.4, -0.2) is 35.7 Å². The van der Waals surface area contributed by atoms with Gasteiger partial charge in [0.15, 0.2) is 0 Å². The summed E-state index contributed by atoms with van der Waals surface area (Å²) >= 11 is 6.47. The molecule has 0 saturated heterocycles. The van der Waals surface area contributed by atoms with Crippen LogP contribution in [0.1, 0.15) is 33.6 Å². The molecule has 1 aromatic carbocycles. The van der Waals surface area contributed by atoms with Gasteiger partial charge in [-0.15, -0.1) is 0 Å². The van der Waals surface area contributed by atoms with Crippen molar-refractivity contribution < 1.29 is 18.7 Å². The molecule has 156 valence electrons. The molecule has 2 aromatic rings. The first-order valence-electron chi connectivity index (χ1n) is 9.70. The van der Waals surface area contributed by atoms with E-state index in [4.69, 9.17) is 21.1 Å². The van der Waals surface area contributed by atoms with Crippen molar-refractivity contribution >= 4 is 17.5 Å². The van der Waals surface area contributed by atoms with Gasteiger partial charge in [-0.1, -0.05) is 23.7 Å². The van der Waals surface area contributed by atoms with Crippen LogP contribution in [0.25, 0.3) is 11.1 Å². The number of rotatable bonds is 8. The Labute approximate surface area is 175 Å². The molecule has 0 aliphatic heterocycles. The van der Waals surface area contributed by atoms with Crippen molar-refractivity contribution in [3.05, 3.63) is 47.4 Å². The van der Waals surface area contributed by atoms with Gasteiger partial charge < -0.3 is 14.8 Å². The normalized spacial score (nSPS) is 21.9. The molecule has 0 bridgehead atoms. The minimum absolute atomic E-state index is 0.0168. The second-order valence-electron chi connectivity index (χ2n) is 7.93. The Balaban J connectivity index is 1.51. The molecule has 0 radical (unpaired) electrons. The second kappa shape index (κ2) is 9.09. The van der Waals surface area contributed by atoms with Crippen LogP contribution < -0.4 is 10.1 Å². The summed E-state index contributed by atoms with van der Waals surface area (Å²) in [6.45, 7) is 6.48. The Kier molecular flexibility index (Phi) is 6.75. The van der Waals surface area contributed by atoms with E-state index >= 15 is 0 Å². The van der Waals surface area contributed by atoms with Crippen molar-refractivity contribution in [2.24, 2.45) is 5.92 Å². The van der Waals surface area contributed by atoms with Gasteiger partial charge in [-0.05, 0) is 56.4 Å². The summed E-state index contributed by atoms with van der Waals surface area (Å²) in [5.74, 6) is 0.376. The van der Waals surface area contributed by atoms with E-state index in [-0.39, 0.29) is 23.4 Å². The van der Waals surface area contributed by atoms with Crippen LogP contribution in [0.2, 0.25) is 5.02 Å². The summed E-state index contributed by atoms with van der Waals surface area (Å²) in [6, 6.07) is 7.92. The van der Waals surface area contributed by atoms with Gasteiger partial charge in [0.25, 0.3) is 0 Å². The van der Waals surface area contributed by atoms with Gasteiger partial charge >= 0.3 is 0 Å². The lowest BCUT2D eigenvalue weighted by Crippen LogP contribution is -2.48. The number of hydrogen-bond acceptors (Lipinski definition) is 4. The second-order valence-corrected chi connectivity index (χ2v) is 8.31. The fourth-order valence-electron chi connectivity index (χ4n) is 3.69. The number of pyridine rings is 1. The zero-order valence-electron chi connectivity index (χ0n) is 16.9. The highest BCUT2D eigenvalue weighted by Crippen LogP contribution is 2.41. The molecule has 1 aliphatic rings. The highest BCUT2D eigenvalue weighted by atomic mass is 35.5. The summed E-state index contributed by atoms with van der Waals surface area (Å²) < 4.78 is 25.0. The first-order valence-corrected chi connectivity index (χ1v) is 10.1. The highest BCUT2D eigenvalue weighted by molar-refractivity contribution is 6.34. The minimum atomic E-state index is -0.294. The lowest BCUT2D eigenvalue weighted by Gasteiger charge is -2.45. The molecule has 1 N–H and O–H groups in total. The molecule has 3 rings (SSSR count). The SMILES string of the molecule is CC(=O)N[C@@H](C)CO[C@]1(C)C[C@@H](COc2nccc(-c3ccc(F)cc3)c2Cl)C1. The number of nitrogens with zero attached hydrogens (tertiary/aromatic N) is 1. The predicted octanol–water partition coefficient (Wildman–Crippen LogP) is 4.63. The fraction of sp³-hybridized carbons (Fsp3) is 0.455. The molecule has 1 saturated carbocycles. The molecule has 5 nitrogen and oxygen atoms in total. The first-order chi connectivity index (χ1) is 13.8. The Morgan fingerprint density at radius 1 is 1.34 bits per heavy atom. The van der Waals surface area contributed by atoms with Crippen LogP contribution >= 0.6 is 11.6 Å². The minimum Gasteiger partial charge on any atom is -0.476 e. The molecule has 1 fully saturated rings. The molecule has 1 heterocycles. The van der Waals surface area contributed by atoms with E-state index in [9.17, 15) is 9.18 Å². The van der Waals surface area contributed by atoms with Crippen molar-refractivity contribution in [1.82, 2.24) is 10.3 Å². The zero-order valence-corrected chi connectivity index (χ0v) is 17.6. The molecule has 1 aromatic heterocycles. The van der Waals surface area contributed by atoms with Crippen molar-refractivity contribution in [1.29, 1.82) is 0 Å². The molecular formula is C22H26ClFN2O3. The standard InChI is InChI=1S/C22H26ClFN2O3/c1-14(26-15(2)27)12-29-22(3)10-16(11-22)13-28-21-20(23)19(8-9-25-21)17-4-6-18(24)7-5-17/h4-9,14,16H,10-13H2,1-3H3,(H,26,27)/t14-,16-,22-/m0/s1. The molecule has 29 heavy (non-hydrogen) atoms. The quantitative estimate of drug-likeness (QED) is 0.676. The van der Waals surface area contributed by atoms with Gasteiger partial charge in [-0.3, -0.25) is 4.79 Å². The van der Waals surface area contributed by atoms with Gasteiger partial charge in [0.05, 0.1) is 18.8 Å². The van der Waals surface area contributed by atoms with Crippen molar-refractivity contribution in [2.75, 3.05) is 13.2 Å². The number of halogens is 2. The molecule has 0 spiro atoms. The van der Waals surface area contributed by atoms with Crippen LogP contribution in [0.15, 0.2) is 36.5 Å². The molecule has 7 heteroatoms. The lowest BCUT2D eigenvalue weighted by molar-refractivity contribution is -0.132. The predicted molar refractivity (Wildman–Crippen MR) is 110 cm³/mol. The monoisotopic (exact) mass is 420 g/mol. The van der Waals surface area contributed by atoms with Crippen LogP contribution in [0.4, 0.5) is 4.39 Å². The Morgan fingerprint density at radius 2 is 2.03 bits per heavy atom. The number of carbonyl (C=O) groups is 1. The van der Waals surface area contributed by atoms with Crippen molar-refractivity contribution in [2.45, 2.75) is 45.3 Å². The Bertz CT molecular complexity index is 854. The van der Waals surface area contributed by atoms with E-state index in [0.717, 1.165) is 24.0 Å². The van der Waals surface area contributed by atoms with Gasteiger partial charge in [-0.2, -0.15) is 0 Å². The number of benzene rings is 1. The third kappa shape index (κ3) is 5.67. The number of hydrogen-bond donors (Lipinski definition) is 1. The maximum atomic E-state index is 13.2. The third-order valence-corrected chi connectivity index (χ3v) is 5.41. The van der Waals surface area contributed by atoms with Gasteiger partial charge in [0.1, 0.15) is 10.8 Å². The van der Waals surface area contributed by atoms with Gasteiger partial charge in [-0.25, -0.2) is 9.37 Å². The largest absolute Gasteiger partial charge is 0.476 e. The van der Waals surface area contributed by atoms with E-state index in [1.165, 1.54) is 19.1 Å². The van der Waals surface area contributed by atoms with Crippen LogP contribution in [0.3, 0.4) is 0 Å². The van der Waals surface area contributed by atoms with Crippen molar-refractivity contribution in [3.63, 3.8) is 0 Å². The molecule has 0 unspecified atom stereocenters. The van der Waals surface area contributed by atoms with E-state index in [1.807, 2.05) is 6.92 Å². The van der Waals surface area contributed by atoms with Crippen molar-refractivity contribution in [3.8, 4) is 17.0 Å². The van der Waals surface area contributed by atoms with E-state index < -0.39 is 0 Å². The average Bonchev–Trinajstić information content (AvgIpc) is 2.64. The molecule has 1 atom stereocenters. The van der Waals surface area contributed by atoms with E-state index in [2.05, 4.69) is 17.2 Å². The van der Waals surface area contributed by atoms with Crippen LogP contribution in [-0.2, 0) is 9.53 Å². The number of ether oxygens (including phenoxy) is 2. The summed E-state index contributed by atoms with van der Waals surface area (Å²) in [5, 5.41) is 3.24. The smallest absolute Gasteiger partial charge is 0.233 e. The third-order valence-electron chi connectivity index (χ3n) is 5.04. The summed E-state index contributed by atoms with van der Waals surface area (Å²) in [6.07, 6.45) is 3.38. The number of carbonyl (C=O) groups excluding carboxylic acids is 1. The summed E-state index contributed by atoms with van der Waals surface area (Å²) in [7, 11) is 0. The average molecular weight is 421 g/mol. The van der Waals surface area contributed by atoms with E-state index in [0.29, 0.717) is 30.0 Å². The summed E-state index contributed by atoms with van der Waals surface area (Å²) in [5.41, 5.74) is 1.36. The first kappa shape index (κ1) is 21.5. The summed E-state index contributed by atoms with van der Waals surface area (Å²) in [4.78, 5) is 15.3. The van der Waals surface area contributed by atoms with Gasteiger partial charge in [0.2, 0.25) is 11.8 Å². The van der Waals surface area contributed by atoms with E-state index in [1.54, 1.807) is 24.4 Å². The molecule has 1 amide bonds. The van der Waals surface area contributed by atoms with Crippen LogP contribution in [0, 0.1) is 11.7 Å². The number of nitrogens with one attached hydrogen (secondary N) is 1. The fourth-order valence-corrected chi connectivity index (χ4v) is 3.96. The Morgan fingerprint density at radius 3 is 2.69 bits per heavy atom. The topological polar surface area (TPSA) is 60.5 Å². The lowest BCUT2D eigenvalue weighted by atomic mass is 9.72.